The first-order valence-electron chi connectivity index (χ1n) is 13.0. The molecule has 2 atom stereocenters. The number of para-hydroxylation sites is 1. The molecule has 11 nitrogen and oxygen atoms in total. The standard InChI is InChI=1S/C29H28ClN3O8S3/c1-41-29(35)24(16-20-8-4-2-5-9-20)28(34)32-25(17-33(44(38,39)40)22-10-6-3-7-11-22)26-18-42-27(31-26)19-43(36,37)23-14-12-21(30)13-15-23/h2-15,18,24-25H,16-17,19H2,1H3,(H,32,34)(H,38,39,40)/t24-,25-/m0/s1. The third-order valence-electron chi connectivity index (χ3n) is 6.49. The highest BCUT2D eigenvalue weighted by Gasteiger charge is 2.33. The van der Waals surface area contributed by atoms with Crippen LogP contribution in [0.2, 0.25) is 5.02 Å². The van der Waals surface area contributed by atoms with E-state index in [0.29, 0.717) is 14.9 Å². The van der Waals surface area contributed by atoms with Gasteiger partial charge in [0.2, 0.25) is 5.91 Å². The Balaban J connectivity index is 1.68. The molecule has 1 amide bonds. The number of carbonyl (C=O) groups excluding carboxylic acids is 2. The highest BCUT2D eigenvalue weighted by molar-refractivity contribution is 7.90. The Bertz CT molecular complexity index is 1800. The summed E-state index contributed by atoms with van der Waals surface area (Å²) in [5.41, 5.74) is 0.906. The molecule has 0 aliphatic rings. The lowest BCUT2D eigenvalue weighted by molar-refractivity contribution is -0.150. The van der Waals surface area contributed by atoms with Crippen LogP contribution in [0.3, 0.4) is 0 Å². The molecule has 4 rings (SSSR count). The molecule has 0 unspecified atom stereocenters. The second-order valence-corrected chi connectivity index (χ2v) is 14.3. The predicted molar refractivity (Wildman–Crippen MR) is 166 cm³/mol. The summed E-state index contributed by atoms with van der Waals surface area (Å²) in [5, 5.41) is 4.70. The van der Waals surface area contributed by atoms with Crippen LogP contribution >= 0.6 is 22.9 Å². The number of ether oxygens (including phenoxy) is 1. The second kappa shape index (κ2) is 14.3. The highest BCUT2D eigenvalue weighted by atomic mass is 35.5. The van der Waals surface area contributed by atoms with E-state index in [2.05, 4.69) is 10.3 Å². The van der Waals surface area contributed by atoms with Gasteiger partial charge in [0, 0.05) is 10.4 Å². The van der Waals surface area contributed by atoms with Gasteiger partial charge in [0.15, 0.2) is 9.84 Å². The SMILES string of the molecule is COC(=O)[C@@H](Cc1ccccc1)C(=O)N[C@@H](CN(c1ccccc1)S(=O)(=O)O)c1csc(CS(=O)(=O)c2ccc(Cl)cc2)n1. The molecule has 0 bridgehead atoms. The number of sulfone groups is 1. The average Bonchev–Trinajstić information content (AvgIpc) is 3.45. The first kappa shape index (κ1) is 33.1. The summed E-state index contributed by atoms with van der Waals surface area (Å²) in [5.74, 6) is -3.37. The van der Waals surface area contributed by atoms with E-state index in [4.69, 9.17) is 16.3 Å². The monoisotopic (exact) mass is 677 g/mol. The maximum Gasteiger partial charge on any atom is 0.360 e. The fourth-order valence-corrected chi connectivity index (χ4v) is 7.62. The Morgan fingerprint density at radius 1 is 0.977 bits per heavy atom. The van der Waals surface area contributed by atoms with Gasteiger partial charge in [0.05, 0.1) is 36.0 Å². The summed E-state index contributed by atoms with van der Waals surface area (Å²) < 4.78 is 66.6. The molecule has 232 valence electrons. The van der Waals surface area contributed by atoms with Crippen LogP contribution in [0, 0.1) is 5.92 Å². The van der Waals surface area contributed by atoms with Crippen molar-refractivity contribution in [2.24, 2.45) is 5.92 Å². The average molecular weight is 678 g/mol. The van der Waals surface area contributed by atoms with Crippen LogP contribution in [0.5, 0.6) is 0 Å². The van der Waals surface area contributed by atoms with Crippen LogP contribution in [0.15, 0.2) is 95.2 Å². The van der Waals surface area contributed by atoms with Gasteiger partial charge in [-0.05, 0) is 48.4 Å². The van der Waals surface area contributed by atoms with Gasteiger partial charge in [-0.2, -0.15) is 8.42 Å². The molecule has 15 heteroatoms. The summed E-state index contributed by atoms with van der Waals surface area (Å²) in [6, 6.07) is 20.9. The number of methoxy groups -OCH3 is 1. The maximum atomic E-state index is 13.6. The van der Waals surface area contributed by atoms with Crippen molar-refractivity contribution in [1.29, 1.82) is 0 Å². The zero-order valence-electron chi connectivity index (χ0n) is 23.2. The van der Waals surface area contributed by atoms with Crippen LogP contribution in [0.1, 0.15) is 22.3 Å². The van der Waals surface area contributed by atoms with Gasteiger partial charge in [-0.15, -0.1) is 11.3 Å². The minimum Gasteiger partial charge on any atom is -0.468 e. The topological polar surface area (TPSA) is 160 Å². The molecule has 0 saturated carbocycles. The van der Waals surface area contributed by atoms with E-state index in [1.807, 2.05) is 0 Å². The number of hydrogen-bond donors (Lipinski definition) is 2. The molecular formula is C29H28ClN3O8S3. The molecule has 44 heavy (non-hydrogen) atoms. The minimum atomic E-state index is -4.85. The molecule has 0 aliphatic carbocycles. The van der Waals surface area contributed by atoms with Gasteiger partial charge in [0.25, 0.3) is 0 Å². The summed E-state index contributed by atoms with van der Waals surface area (Å²) >= 11 is 6.87. The summed E-state index contributed by atoms with van der Waals surface area (Å²) in [4.78, 5) is 30.7. The molecule has 0 spiro atoms. The van der Waals surface area contributed by atoms with E-state index >= 15 is 0 Å². The molecule has 1 heterocycles. The van der Waals surface area contributed by atoms with Crippen molar-refractivity contribution in [1.82, 2.24) is 10.3 Å². The predicted octanol–water partition coefficient (Wildman–Crippen LogP) is 4.27. The Hall–Kier alpha value is -3.82. The molecule has 1 aromatic heterocycles. The van der Waals surface area contributed by atoms with Crippen molar-refractivity contribution in [2.75, 3.05) is 18.0 Å². The van der Waals surface area contributed by atoms with Gasteiger partial charge in [0.1, 0.15) is 16.7 Å². The third kappa shape index (κ3) is 8.64. The number of carbonyl (C=O) groups is 2. The van der Waals surface area contributed by atoms with E-state index in [1.165, 1.54) is 41.8 Å². The maximum absolute atomic E-state index is 13.6. The Labute approximate surface area is 264 Å². The van der Waals surface area contributed by atoms with Gasteiger partial charge in [-0.1, -0.05) is 60.1 Å². The lowest BCUT2D eigenvalue weighted by Crippen LogP contribution is -2.44. The van der Waals surface area contributed by atoms with E-state index < -0.39 is 56.3 Å². The Morgan fingerprint density at radius 3 is 2.18 bits per heavy atom. The number of nitrogens with one attached hydrogen (secondary N) is 1. The zero-order valence-corrected chi connectivity index (χ0v) is 26.4. The molecule has 2 N–H and O–H groups in total. The minimum absolute atomic E-state index is 0.00554. The molecule has 4 aromatic rings. The van der Waals surface area contributed by atoms with Crippen LogP contribution < -0.4 is 9.62 Å². The van der Waals surface area contributed by atoms with E-state index in [1.54, 1.807) is 48.5 Å². The van der Waals surface area contributed by atoms with Crippen molar-refractivity contribution in [3.8, 4) is 0 Å². The summed E-state index contributed by atoms with van der Waals surface area (Å²) in [6.45, 7) is -0.527. The molecular weight excluding hydrogens is 650 g/mol. The summed E-state index contributed by atoms with van der Waals surface area (Å²) in [6.07, 6.45) is -0.00554. The normalized spacial score (nSPS) is 13.1. The van der Waals surface area contributed by atoms with Crippen LogP contribution in [-0.2, 0) is 46.6 Å². The largest absolute Gasteiger partial charge is 0.468 e. The highest BCUT2D eigenvalue weighted by Crippen LogP contribution is 2.27. The second-order valence-electron chi connectivity index (χ2n) is 9.55. The number of nitrogens with zero attached hydrogens (tertiary/aromatic N) is 2. The van der Waals surface area contributed by atoms with Crippen molar-refractivity contribution in [2.45, 2.75) is 23.1 Å². The molecule has 0 saturated heterocycles. The molecule has 0 radical (unpaired) electrons. The fourth-order valence-electron chi connectivity index (χ4n) is 4.29. The number of rotatable bonds is 13. The number of thiazole rings is 1. The van der Waals surface area contributed by atoms with E-state index in [-0.39, 0.29) is 27.7 Å². The van der Waals surface area contributed by atoms with E-state index in [9.17, 15) is 31.0 Å². The van der Waals surface area contributed by atoms with Gasteiger partial charge in [-0.25, -0.2) is 17.7 Å². The van der Waals surface area contributed by atoms with Crippen molar-refractivity contribution < 1.29 is 35.7 Å². The van der Waals surface area contributed by atoms with Gasteiger partial charge in [-0.3, -0.25) is 14.1 Å². The number of anilines is 1. The van der Waals surface area contributed by atoms with E-state index in [0.717, 1.165) is 18.4 Å². The van der Waals surface area contributed by atoms with Crippen LogP contribution in [-0.4, -0.2) is 51.9 Å². The lowest BCUT2D eigenvalue weighted by Gasteiger charge is -2.27. The molecule has 0 aliphatic heterocycles. The Morgan fingerprint density at radius 2 is 1.59 bits per heavy atom. The fraction of sp³-hybridized carbons (Fsp3) is 0.207. The van der Waals surface area contributed by atoms with Crippen LogP contribution in [0.4, 0.5) is 5.69 Å². The number of halogens is 1. The first-order valence-corrected chi connectivity index (χ1v) is 17.3. The smallest absolute Gasteiger partial charge is 0.360 e. The zero-order chi connectivity index (χ0) is 31.9. The van der Waals surface area contributed by atoms with Gasteiger partial charge < -0.3 is 10.1 Å². The van der Waals surface area contributed by atoms with Crippen molar-refractivity contribution in [3.63, 3.8) is 0 Å². The first-order chi connectivity index (χ1) is 20.9. The van der Waals surface area contributed by atoms with Gasteiger partial charge >= 0.3 is 16.3 Å². The number of benzene rings is 3. The number of aromatic nitrogens is 1. The molecule has 0 fully saturated rings. The van der Waals surface area contributed by atoms with Crippen molar-refractivity contribution in [3.05, 3.63) is 112 Å². The number of esters is 1. The quantitative estimate of drug-likeness (QED) is 0.120. The number of hydrogen-bond acceptors (Lipinski definition) is 9. The molecule has 3 aromatic carbocycles. The van der Waals surface area contributed by atoms with Crippen LogP contribution in [0.25, 0.3) is 0 Å². The van der Waals surface area contributed by atoms with Crippen molar-refractivity contribution >= 4 is 60.6 Å². The third-order valence-corrected chi connectivity index (χ3v) is 10.3. The summed E-state index contributed by atoms with van der Waals surface area (Å²) in [7, 11) is -7.52. The number of amides is 1. The Kier molecular flexibility index (Phi) is 10.8. The lowest BCUT2D eigenvalue weighted by atomic mass is 9.98.